The number of carbonyl (C=O) groups excluding carboxylic acids is 1. The van der Waals surface area contributed by atoms with Crippen LogP contribution in [0.25, 0.3) is 0 Å². The van der Waals surface area contributed by atoms with Crippen LogP contribution in [0.2, 0.25) is 0 Å². The van der Waals surface area contributed by atoms with Gasteiger partial charge < -0.3 is 10.6 Å². The summed E-state index contributed by atoms with van der Waals surface area (Å²) in [7, 11) is 1.71. The topological polar surface area (TPSA) is 59.2 Å². The Morgan fingerprint density at radius 2 is 2.12 bits per heavy atom. The smallest absolute Gasteiger partial charge is 0.258 e. The van der Waals surface area contributed by atoms with Gasteiger partial charge in [-0.15, -0.1) is 0 Å². The largest absolute Gasteiger partial charge is 0.399 e. The Labute approximate surface area is 99.7 Å². The number of nitrogen functional groups attached to an aromatic ring is 1. The molecule has 2 aromatic rings. The lowest BCUT2D eigenvalue weighted by Gasteiger charge is -2.16. The molecule has 4 nitrogen and oxygen atoms in total. The molecule has 17 heavy (non-hydrogen) atoms. The van der Waals surface area contributed by atoms with Gasteiger partial charge in [-0.3, -0.25) is 9.78 Å². The molecule has 0 saturated heterocycles. The van der Waals surface area contributed by atoms with Crippen molar-refractivity contribution < 1.29 is 4.79 Å². The molecule has 4 heteroatoms. The lowest BCUT2D eigenvalue weighted by Crippen LogP contribution is -2.26. The summed E-state index contributed by atoms with van der Waals surface area (Å²) >= 11 is 0. The fourth-order valence-electron chi connectivity index (χ4n) is 1.53. The Kier molecular flexibility index (Phi) is 3.05. The summed E-state index contributed by atoms with van der Waals surface area (Å²) in [6.45, 7) is 0. The number of anilines is 2. The van der Waals surface area contributed by atoms with Crippen LogP contribution in [0.15, 0.2) is 48.8 Å². The molecule has 0 unspecified atom stereocenters. The number of aromatic nitrogens is 1. The van der Waals surface area contributed by atoms with Crippen LogP contribution >= 0.6 is 0 Å². The first-order valence-electron chi connectivity index (χ1n) is 5.22. The summed E-state index contributed by atoms with van der Waals surface area (Å²) < 4.78 is 0. The molecule has 0 aliphatic heterocycles. The fourth-order valence-corrected chi connectivity index (χ4v) is 1.53. The number of nitrogens with zero attached hydrogens (tertiary/aromatic N) is 2. The van der Waals surface area contributed by atoms with Gasteiger partial charge in [-0.2, -0.15) is 0 Å². The molecule has 2 N–H and O–H groups in total. The number of hydrogen-bond donors (Lipinski definition) is 1. The molecule has 1 heterocycles. The van der Waals surface area contributed by atoms with E-state index in [4.69, 9.17) is 5.73 Å². The van der Waals surface area contributed by atoms with Crippen molar-refractivity contribution in [2.24, 2.45) is 0 Å². The Hall–Kier alpha value is -2.36. The van der Waals surface area contributed by atoms with Crippen molar-refractivity contribution in [3.63, 3.8) is 0 Å². The maximum Gasteiger partial charge on any atom is 0.258 e. The second-order valence-corrected chi connectivity index (χ2v) is 3.70. The highest BCUT2D eigenvalue weighted by atomic mass is 16.2. The van der Waals surface area contributed by atoms with E-state index >= 15 is 0 Å². The van der Waals surface area contributed by atoms with Crippen LogP contribution < -0.4 is 10.6 Å². The van der Waals surface area contributed by atoms with E-state index in [-0.39, 0.29) is 5.91 Å². The van der Waals surface area contributed by atoms with Crippen molar-refractivity contribution >= 4 is 17.3 Å². The molecule has 1 amide bonds. The van der Waals surface area contributed by atoms with E-state index in [0.29, 0.717) is 11.3 Å². The van der Waals surface area contributed by atoms with Gasteiger partial charge in [0.15, 0.2) is 0 Å². The van der Waals surface area contributed by atoms with Gasteiger partial charge in [0.1, 0.15) is 0 Å². The molecular formula is C13H13N3O. The molecule has 0 radical (unpaired) electrons. The highest BCUT2D eigenvalue weighted by molar-refractivity contribution is 6.06. The number of nitrogens with two attached hydrogens (primary N) is 1. The minimum atomic E-state index is -0.106. The van der Waals surface area contributed by atoms with E-state index in [2.05, 4.69) is 4.98 Å². The molecule has 2 rings (SSSR count). The van der Waals surface area contributed by atoms with Gasteiger partial charge >= 0.3 is 0 Å². The Morgan fingerprint density at radius 1 is 1.29 bits per heavy atom. The summed E-state index contributed by atoms with van der Waals surface area (Å²) in [4.78, 5) is 17.7. The average Bonchev–Trinajstić information content (AvgIpc) is 2.38. The normalized spacial score (nSPS) is 9.94. The SMILES string of the molecule is CN(C(=O)c1cccc(N)c1)c1cccnc1. The molecule has 0 atom stereocenters. The van der Waals surface area contributed by atoms with Gasteiger partial charge in [0.05, 0.1) is 11.9 Å². The summed E-state index contributed by atoms with van der Waals surface area (Å²) in [6, 6.07) is 10.5. The van der Waals surface area contributed by atoms with E-state index in [9.17, 15) is 4.79 Å². The van der Waals surface area contributed by atoms with Crippen LogP contribution in [0.5, 0.6) is 0 Å². The van der Waals surface area contributed by atoms with Gasteiger partial charge in [-0.25, -0.2) is 0 Å². The Morgan fingerprint density at radius 3 is 2.76 bits per heavy atom. The second-order valence-electron chi connectivity index (χ2n) is 3.70. The minimum Gasteiger partial charge on any atom is -0.399 e. The number of benzene rings is 1. The van der Waals surface area contributed by atoms with Crippen molar-refractivity contribution in [1.29, 1.82) is 0 Å². The summed E-state index contributed by atoms with van der Waals surface area (Å²) in [5.74, 6) is -0.106. The quantitative estimate of drug-likeness (QED) is 0.797. The fraction of sp³-hybridized carbons (Fsp3) is 0.0769. The zero-order chi connectivity index (χ0) is 12.3. The highest BCUT2D eigenvalue weighted by Gasteiger charge is 2.13. The van der Waals surface area contributed by atoms with Crippen LogP contribution in [0, 0.1) is 0 Å². The molecule has 1 aromatic carbocycles. The second kappa shape index (κ2) is 4.65. The van der Waals surface area contributed by atoms with Gasteiger partial charge in [0.25, 0.3) is 5.91 Å². The highest BCUT2D eigenvalue weighted by Crippen LogP contribution is 2.15. The predicted octanol–water partition coefficient (Wildman–Crippen LogP) is 1.94. The molecule has 0 aliphatic rings. The van der Waals surface area contributed by atoms with Gasteiger partial charge in [0, 0.05) is 24.5 Å². The van der Waals surface area contributed by atoms with Crippen molar-refractivity contribution in [2.45, 2.75) is 0 Å². The van der Waals surface area contributed by atoms with Gasteiger partial charge in [0.2, 0.25) is 0 Å². The number of hydrogen-bond acceptors (Lipinski definition) is 3. The van der Waals surface area contributed by atoms with Gasteiger partial charge in [-0.1, -0.05) is 6.07 Å². The maximum atomic E-state index is 12.1. The predicted molar refractivity (Wildman–Crippen MR) is 67.8 cm³/mol. The number of rotatable bonds is 2. The van der Waals surface area contributed by atoms with Crippen LogP contribution in [0.3, 0.4) is 0 Å². The molecule has 0 saturated carbocycles. The standard InChI is InChI=1S/C13H13N3O/c1-16(12-6-3-7-15-9-12)13(17)10-4-2-5-11(14)8-10/h2-9H,14H2,1H3. The average molecular weight is 227 g/mol. The number of amides is 1. The van der Waals surface area contributed by atoms with Crippen molar-refractivity contribution in [3.05, 3.63) is 54.4 Å². The monoisotopic (exact) mass is 227 g/mol. The van der Waals surface area contributed by atoms with Crippen molar-refractivity contribution in [1.82, 2.24) is 4.98 Å². The van der Waals surface area contributed by atoms with Crippen molar-refractivity contribution in [3.8, 4) is 0 Å². The third-order valence-corrected chi connectivity index (χ3v) is 2.47. The molecule has 0 bridgehead atoms. The third-order valence-electron chi connectivity index (χ3n) is 2.47. The number of pyridine rings is 1. The Balaban J connectivity index is 2.27. The van der Waals surface area contributed by atoms with Crippen LogP contribution in [0.1, 0.15) is 10.4 Å². The molecule has 0 aliphatic carbocycles. The zero-order valence-electron chi connectivity index (χ0n) is 9.50. The van der Waals surface area contributed by atoms with Crippen LogP contribution in [0.4, 0.5) is 11.4 Å². The first-order valence-corrected chi connectivity index (χ1v) is 5.22. The zero-order valence-corrected chi connectivity index (χ0v) is 9.50. The minimum absolute atomic E-state index is 0.106. The summed E-state index contributed by atoms with van der Waals surface area (Å²) in [5.41, 5.74) is 7.55. The Bertz CT molecular complexity index is 525. The molecule has 0 spiro atoms. The van der Waals surface area contributed by atoms with Gasteiger partial charge in [-0.05, 0) is 30.3 Å². The lowest BCUT2D eigenvalue weighted by atomic mass is 10.2. The lowest BCUT2D eigenvalue weighted by molar-refractivity contribution is 0.0993. The van der Waals surface area contributed by atoms with Crippen LogP contribution in [-0.4, -0.2) is 17.9 Å². The van der Waals surface area contributed by atoms with Crippen molar-refractivity contribution in [2.75, 3.05) is 17.7 Å². The van der Waals surface area contributed by atoms with E-state index in [1.165, 1.54) is 0 Å². The van der Waals surface area contributed by atoms with E-state index < -0.39 is 0 Å². The summed E-state index contributed by atoms with van der Waals surface area (Å²) in [5, 5.41) is 0. The van der Waals surface area contributed by atoms with E-state index in [0.717, 1.165) is 5.69 Å². The number of carbonyl (C=O) groups is 1. The maximum absolute atomic E-state index is 12.1. The molecular weight excluding hydrogens is 214 g/mol. The van der Waals surface area contributed by atoms with Crippen LogP contribution in [-0.2, 0) is 0 Å². The first kappa shape index (κ1) is 11.1. The van der Waals surface area contributed by atoms with E-state index in [1.54, 1.807) is 54.7 Å². The summed E-state index contributed by atoms with van der Waals surface area (Å²) in [6.07, 6.45) is 3.31. The molecule has 86 valence electrons. The molecule has 1 aromatic heterocycles. The van der Waals surface area contributed by atoms with E-state index in [1.807, 2.05) is 6.07 Å². The third kappa shape index (κ3) is 2.42. The molecule has 0 fully saturated rings. The first-order chi connectivity index (χ1) is 8.18.